The smallest absolute Gasteiger partial charge is 0.231 e. The van der Waals surface area contributed by atoms with Crippen molar-refractivity contribution < 1.29 is 19.2 Å². The molecule has 2 aliphatic heterocycles. The third-order valence-electron chi connectivity index (χ3n) is 5.65. The first-order chi connectivity index (χ1) is 14.9. The zero-order valence-corrected chi connectivity index (χ0v) is 17.0. The number of nitrogens with one attached hydrogen (secondary N) is 1. The number of anilines is 1. The number of likely N-dealkylation sites (tertiary alicyclic amines) is 2. The Morgan fingerprint density at radius 2 is 1.23 bits per heavy atom. The van der Waals surface area contributed by atoms with E-state index in [1.165, 1.54) is 4.90 Å². The Kier molecular flexibility index (Phi) is 5.81. The van der Waals surface area contributed by atoms with Crippen LogP contribution in [0.3, 0.4) is 0 Å². The van der Waals surface area contributed by atoms with Crippen molar-refractivity contribution in [3.05, 3.63) is 65.2 Å². The molecule has 31 heavy (non-hydrogen) atoms. The Balaban J connectivity index is 1.34. The van der Waals surface area contributed by atoms with E-state index < -0.39 is 6.17 Å². The van der Waals surface area contributed by atoms with Crippen molar-refractivity contribution in [3.63, 3.8) is 0 Å². The fourth-order valence-electron chi connectivity index (χ4n) is 3.83. The predicted molar refractivity (Wildman–Crippen MR) is 113 cm³/mol. The van der Waals surface area contributed by atoms with E-state index in [1.807, 2.05) is 48.5 Å². The van der Waals surface area contributed by atoms with Gasteiger partial charge >= 0.3 is 0 Å². The summed E-state index contributed by atoms with van der Waals surface area (Å²) in [5.74, 6) is -0.742. The average Bonchev–Trinajstić information content (AvgIpc) is 3.28. The first-order valence-electron chi connectivity index (χ1n) is 10.3. The van der Waals surface area contributed by atoms with Crippen LogP contribution in [0.5, 0.6) is 0 Å². The first-order valence-corrected chi connectivity index (χ1v) is 10.3. The molecule has 2 saturated heterocycles. The molecule has 4 amide bonds. The van der Waals surface area contributed by atoms with Crippen molar-refractivity contribution in [1.29, 1.82) is 0 Å². The van der Waals surface area contributed by atoms with Crippen LogP contribution in [0.2, 0.25) is 0 Å². The SMILES string of the molecule is NC(c1ccc(Cc2ccc(NCN3C(=O)CCC3=O)cc2)cc1)N1C(=O)CCC1=O. The van der Waals surface area contributed by atoms with Crippen molar-refractivity contribution >= 4 is 29.3 Å². The minimum absolute atomic E-state index is 0.143. The lowest BCUT2D eigenvalue weighted by atomic mass is 10.0. The zero-order chi connectivity index (χ0) is 22.0. The number of carbonyl (C=O) groups excluding carboxylic acids is 4. The number of amides is 4. The number of imide groups is 2. The Morgan fingerprint density at radius 3 is 1.77 bits per heavy atom. The van der Waals surface area contributed by atoms with Gasteiger partial charge in [-0.1, -0.05) is 36.4 Å². The van der Waals surface area contributed by atoms with E-state index in [0.29, 0.717) is 6.42 Å². The van der Waals surface area contributed by atoms with Crippen molar-refractivity contribution in [2.24, 2.45) is 5.73 Å². The van der Waals surface area contributed by atoms with Crippen LogP contribution in [0, 0.1) is 0 Å². The fourth-order valence-corrected chi connectivity index (χ4v) is 3.83. The Hall–Kier alpha value is -3.52. The topological polar surface area (TPSA) is 113 Å². The number of hydrogen-bond donors (Lipinski definition) is 2. The van der Waals surface area contributed by atoms with E-state index >= 15 is 0 Å². The van der Waals surface area contributed by atoms with Crippen LogP contribution in [0.1, 0.15) is 48.5 Å². The van der Waals surface area contributed by atoms with Gasteiger partial charge in [-0.3, -0.25) is 29.0 Å². The molecule has 8 heteroatoms. The van der Waals surface area contributed by atoms with E-state index in [0.717, 1.165) is 27.3 Å². The average molecular weight is 420 g/mol. The molecule has 1 atom stereocenters. The molecule has 3 N–H and O–H groups in total. The molecular weight excluding hydrogens is 396 g/mol. The van der Waals surface area contributed by atoms with Crippen LogP contribution >= 0.6 is 0 Å². The highest BCUT2D eigenvalue weighted by molar-refractivity contribution is 6.02. The van der Waals surface area contributed by atoms with E-state index in [9.17, 15) is 19.2 Å². The minimum Gasteiger partial charge on any atom is -0.367 e. The molecule has 0 radical (unpaired) electrons. The van der Waals surface area contributed by atoms with Crippen molar-refractivity contribution in [2.45, 2.75) is 38.3 Å². The highest BCUT2D eigenvalue weighted by atomic mass is 16.2. The number of nitrogens with two attached hydrogens (primary N) is 1. The van der Waals surface area contributed by atoms with Crippen LogP contribution in [-0.4, -0.2) is 40.1 Å². The molecule has 0 bridgehead atoms. The second-order valence-corrected chi connectivity index (χ2v) is 7.77. The van der Waals surface area contributed by atoms with Gasteiger partial charge in [-0.2, -0.15) is 0 Å². The summed E-state index contributed by atoms with van der Waals surface area (Å²) in [6, 6.07) is 15.4. The largest absolute Gasteiger partial charge is 0.367 e. The van der Waals surface area contributed by atoms with Crippen molar-refractivity contribution in [2.75, 3.05) is 12.0 Å². The van der Waals surface area contributed by atoms with Crippen molar-refractivity contribution in [1.82, 2.24) is 9.80 Å². The van der Waals surface area contributed by atoms with Gasteiger partial charge < -0.3 is 11.1 Å². The maximum atomic E-state index is 11.9. The zero-order valence-electron chi connectivity index (χ0n) is 17.0. The van der Waals surface area contributed by atoms with Crippen LogP contribution in [0.15, 0.2) is 48.5 Å². The van der Waals surface area contributed by atoms with E-state index in [1.54, 1.807) is 0 Å². The van der Waals surface area contributed by atoms with Crippen LogP contribution in [-0.2, 0) is 25.6 Å². The number of hydrogen-bond acceptors (Lipinski definition) is 6. The molecule has 0 saturated carbocycles. The van der Waals surface area contributed by atoms with Gasteiger partial charge in [-0.15, -0.1) is 0 Å². The van der Waals surface area contributed by atoms with E-state index in [2.05, 4.69) is 5.32 Å². The van der Waals surface area contributed by atoms with Gasteiger partial charge in [0.2, 0.25) is 23.6 Å². The molecule has 2 aromatic carbocycles. The Labute approximate surface area is 180 Å². The maximum Gasteiger partial charge on any atom is 0.231 e. The van der Waals surface area contributed by atoms with Crippen LogP contribution in [0.4, 0.5) is 5.69 Å². The molecule has 8 nitrogen and oxygen atoms in total. The second kappa shape index (κ2) is 8.69. The summed E-state index contributed by atoms with van der Waals surface area (Å²) in [6.07, 6.45) is 0.971. The van der Waals surface area contributed by atoms with Crippen molar-refractivity contribution in [3.8, 4) is 0 Å². The number of carbonyl (C=O) groups is 4. The lowest BCUT2D eigenvalue weighted by molar-refractivity contribution is -0.141. The summed E-state index contributed by atoms with van der Waals surface area (Å²) < 4.78 is 0. The summed E-state index contributed by atoms with van der Waals surface area (Å²) in [6.45, 7) is 0.181. The third-order valence-corrected chi connectivity index (χ3v) is 5.65. The number of benzene rings is 2. The third kappa shape index (κ3) is 4.49. The highest BCUT2D eigenvalue weighted by Crippen LogP contribution is 2.24. The molecule has 0 aliphatic carbocycles. The Bertz CT molecular complexity index is 985. The lowest BCUT2D eigenvalue weighted by Gasteiger charge is -2.22. The quantitative estimate of drug-likeness (QED) is 0.662. The predicted octanol–water partition coefficient (Wildman–Crippen LogP) is 1.90. The van der Waals surface area contributed by atoms with E-state index in [4.69, 9.17) is 5.73 Å². The summed E-state index contributed by atoms with van der Waals surface area (Å²) in [5, 5.41) is 3.10. The van der Waals surface area contributed by atoms with Gasteiger partial charge in [0.25, 0.3) is 0 Å². The highest BCUT2D eigenvalue weighted by Gasteiger charge is 2.33. The second-order valence-electron chi connectivity index (χ2n) is 7.77. The minimum atomic E-state index is -0.753. The maximum absolute atomic E-state index is 11.9. The van der Waals surface area contributed by atoms with Gasteiger partial charge in [-0.25, -0.2) is 0 Å². The summed E-state index contributed by atoms with van der Waals surface area (Å²) in [4.78, 5) is 49.4. The monoisotopic (exact) mass is 420 g/mol. The van der Waals surface area contributed by atoms with Crippen LogP contribution < -0.4 is 11.1 Å². The van der Waals surface area contributed by atoms with E-state index in [-0.39, 0.29) is 56.0 Å². The lowest BCUT2D eigenvalue weighted by Crippen LogP contribution is -2.38. The molecule has 1 unspecified atom stereocenters. The first kappa shape index (κ1) is 20.7. The van der Waals surface area contributed by atoms with Gasteiger partial charge in [0.1, 0.15) is 6.17 Å². The molecule has 0 aromatic heterocycles. The molecule has 2 aliphatic rings. The van der Waals surface area contributed by atoms with Gasteiger partial charge in [0, 0.05) is 31.4 Å². The summed E-state index contributed by atoms with van der Waals surface area (Å²) >= 11 is 0. The summed E-state index contributed by atoms with van der Waals surface area (Å²) in [7, 11) is 0. The number of rotatable bonds is 7. The molecule has 2 heterocycles. The Morgan fingerprint density at radius 1 is 0.742 bits per heavy atom. The molecule has 2 fully saturated rings. The molecule has 4 rings (SSSR count). The normalized spacial score (nSPS) is 17.6. The van der Waals surface area contributed by atoms with Crippen LogP contribution in [0.25, 0.3) is 0 Å². The number of nitrogens with zero attached hydrogens (tertiary/aromatic N) is 2. The van der Waals surface area contributed by atoms with Gasteiger partial charge in [0.05, 0.1) is 6.67 Å². The van der Waals surface area contributed by atoms with Gasteiger partial charge in [-0.05, 0) is 35.2 Å². The fraction of sp³-hybridized carbons (Fsp3) is 0.304. The molecule has 2 aromatic rings. The van der Waals surface area contributed by atoms with Gasteiger partial charge in [0.15, 0.2) is 0 Å². The standard InChI is InChI=1S/C23H24N4O4/c24-23(27-21(30)11-12-22(27)31)17-5-1-15(2-6-17)13-16-3-7-18(8-4-16)25-14-26-19(28)9-10-20(26)29/h1-8,23,25H,9-14,24H2. The molecular formula is C23H24N4O4. The molecule has 160 valence electrons. The molecule has 0 spiro atoms. The summed E-state index contributed by atoms with van der Waals surface area (Å²) in [5.41, 5.74) is 9.85.